The summed E-state index contributed by atoms with van der Waals surface area (Å²) in [6.07, 6.45) is 0. The summed E-state index contributed by atoms with van der Waals surface area (Å²) in [7, 11) is -2.31. The molecule has 1 aliphatic rings. The van der Waals surface area contributed by atoms with Crippen molar-refractivity contribution in [2.75, 3.05) is 12.9 Å². The van der Waals surface area contributed by atoms with Gasteiger partial charge >= 0.3 is 10.1 Å². The first-order chi connectivity index (χ1) is 16.4. The largest absolute Gasteiger partial charge is 0.497 e. The minimum absolute atomic E-state index is 0.133. The van der Waals surface area contributed by atoms with Crippen molar-refractivity contribution < 1.29 is 17.3 Å². The summed E-state index contributed by atoms with van der Waals surface area (Å²) in [4.78, 5) is 0. The van der Waals surface area contributed by atoms with Gasteiger partial charge in [-0.15, -0.1) is 0 Å². The fraction of sp³-hybridized carbons (Fsp3) is 0.120. The van der Waals surface area contributed by atoms with Crippen LogP contribution in [0.1, 0.15) is 22.6 Å². The van der Waals surface area contributed by atoms with Crippen LogP contribution in [-0.4, -0.2) is 31.1 Å². The highest BCUT2D eigenvalue weighted by molar-refractivity contribution is 7.87. The molecule has 5 rings (SSSR count). The molecule has 0 spiro atoms. The zero-order valence-electron chi connectivity index (χ0n) is 18.0. The number of rotatable bonds is 4. The zero-order chi connectivity index (χ0) is 23.9. The van der Waals surface area contributed by atoms with Crippen LogP contribution in [0.25, 0.3) is 16.9 Å². The summed E-state index contributed by atoms with van der Waals surface area (Å²) in [6, 6.07) is 23.2. The van der Waals surface area contributed by atoms with Crippen molar-refractivity contribution in [3.05, 3.63) is 94.5 Å². The average Bonchev–Trinajstić information content (AvgIpc) is 3.22. The lowest BCUT2D eigenvalue weighted by atomic mass is 9.90. The maximum Gasteiger partial charge on any atom is 0.311 e. The Balaban J connectivity index is 1.76. The number of hydrogen-bond donors (Lipinski definition) is 0. The van der Waals surface area contributed by atoms with Crippen molar-refractivity contribution in [3.8, 4) is 34.6 Å². The summed E-state index contributed by atoms with van der Waals surface area (Å²) in [5.74, 6) is 0.0343. The van der Waals surface area contributed by atoms with E-state index in [-0.39, 0.29) is 11.6 Å². The van der Waals surface area contributed by atoms with E-state index < -0.39 is 16.0 Å². The summed E-state index contributed by atoms with van der Waals surface area (Å²) in [5, 5.41) is 14.5. The van der Waals surface area contributed by atoms with E-state index in [2.05, 4.69) is 6.07 Å². The van der Waals surface area contributed by atoms with Gasteiger partial charge in [-0.3, -0.25) is 0 Å². The lowest BCUT2D eigenvalue weighted by Gasteiger charge is -2.24. The van der Waals surface area contributed by atoms with Crippen LogP contribution in [0.5, 0.6) is 11.6 Å². The Kier molecular flexibility index (Phi) is 5.52. The molecule has 1 atom stereocenters. The Hall–Kier alpha value is -3.80. The fourth-order valence-corrected chi connectivity index (χ4v) is 5.39. The highest BCUT2D eigenvalue weighted by Gasteiger charge is 2.39. The van der Waals surface area contributed by atoms with Crippen molar-refractivity contribution in [1.82, 2.24) is 9.78 Å². The van der Waals surface area contributed by atoms with Crippen LogP contribution in [0.2, 0.25) is 5.02 Å². The minimum atomic E-state index is -3.90. The molecule has 0 N–H and O–H groups in total. The number of ether oxygens (including phenoxy) is 1. The van der Waals surface area contributed by atoms with Crippen molar-refractivity contribution in [1.29, 1.82) is 5.26 Å². The summed E-state index contributed by atoms with van der Waals surface area (Å²) in [6.45, 7) is 0. The molecule has 1 unspecified atom stereocenters. The Labute approximate surface area is 201 Å². The van der Waals surface area contributed by atoms with Gasteiger partial charge in [0.25, 0.3) is 0 Å². The van der Waals surface area contributed by atoms with Gasteiger partial charge < -0.3 is 8.92 Å². The standard InChI is InChI=1S/C25H18ClN3O4S/c1-32-21-12-6-18(7-13-21)24-23-22(17-4-2-16(14-27)3-5-17)15-34(30,31)33-25(23)29(28-24)20-10-8-19(26)9-11-20/h2-13,22H,15H2,1H3. The van der Waals surface area contributed by atoms with E-state index in [1.807, 2.05) is 24.3 Å². The Bertz CT molecular complexity index is 1500. The van der Waals surface area contributed by atoms with Crippen LogP contribution >= 0.6 is 11.6 Å². The maximum absolute atomic E-state index is 12.8. The lowest BCUT2D eigenvalue weighted by molar-refractivity contribution is 0.415. The van der Waals surface area contributed by atoms with E-state index in [4.69, 9.17) is 30.9 Å². The molecule has 0 amide bonds. The van der Waals surface area contributed by atoms with Gasteiger partial charge in [-0.25, -0.2) is 0 Å². The quantitative estimate of drug-likeness (QED) is 0.376. The molecular weight excluding hydrogens is 474 g/mol. The van der Waals surface area contributed by atoms with Gasteiger partial charge in [-0.05, 0) is 66.2 Å². The molecular formula is C25H18ClN3O4S. The van der Waals surface area contributed by atoms with E-state index >= 15 is 0 Å². The SMILES string of the molecule is COc1ccc(-c2nn(-c3ccc(Cl)cc3)c3c2C(c2ccc(C#N)cc2)CS(=O)(=O)O3)cc1. The Morgan fingerprint density at radius 3 is 2.35 bits per heavy atom. The predicted octanol–water partition coefficient (Wildman–Crippen LogP) is 4.93. The number of benzene rings is 3. The summed E-state index contributed by atoms with van der Waals surface area (Å²) in [5.41, 5.74) is 3.88. The number of methoxy groups -OCH3 is 1. The van der Waals surface area contributed by atoms with Gasteiger partial charge in [-0.1, -0.05) is 23.7 Å². The van der Waals surface area contributed by atoms with Crippen molar-refractivity contribution in [3.63, 3.8) is 0 Å². The predicted molar refractivity (Wildman–Crippen MR) is 128 cm³/mol. The normalized spacial score (nSPS) is 16.2. The minimum Gasteiger partial charge on any atom is -0.497 e. The van der Waals surface area contributed by atoms with E-state index in [0.29, 0.717) is 33.3 Å². The molecule has 1 aliphatic heterocycles. The highest BCUT2D eigenvalue weighted by atomic mass is 35.5. The molecule has 170 valence electrons. The number of aromatic nitrogens is 2. The Morgan fingerprint density at radius 1 is 1.06 bits per heavy atom. The maximum atomic E-state index is 12.8. The molecule has 0 fully saturated rings. The van der Waals surface area contributed by atoms with E-state index in [1.165, 1.54) is 4.68 Å². The molecule has 0 bridgehead atoms. The molecule has 34 heavy (non-hydrogen) atoms. The van der Waals surface area contributed by atoms with Gasteiger partial charge in [0, 0.05) is 16.5 Å². The molecule has 3 aromatic carbocycles. The number of halogens is 1. The molecule has 2 heterocycles. The molecule has 0 saturated heterocycles. The average molecular weight is 492 g/mol. The first kappa shape index (κ1) is 22.0. The number of hydrogen-bond acceptors (Lipinski definition) is 6. The number of nitrogens with zero attached hydrogens (tertiary/aromatic N) is 3. The van der Waals surface area contributed by atoms with Crippen LogP contribution in [-0.2, 0) is 10.1 Å². The van der Waals surface area contributed by atoms with Crippen LogP contribution in [0.15, 0.2) is 72.8 Å². The topological polar surface area (TPSA) is 94.2 Å². The van der Waals surface area contributed by atoms with E-state index in [0.717, 1.165) is 11.1 Å². The first-order valence-electron chi connectivity index (χ1n) is 10.3. The van der Waals surface area contributed by atoms with Gasteiger partial charge in [0.15, 0.2) is 0 Å². The summed E-state index contributed by atoms with van der Waals surface area (Å²) < 4.78 is 38.0. The first-order valence-corrected chi connectivity index (χ1v) is 12.3. The third-order valence-corrected chi connectivity index (χ3v) is 7.09. The highest BCUT2D eigenvalue weighted by Crippen LogP contribution is 2.45. The van der Waals surface area contributed by atoms with Crippen LogP contribution in [0, 0.1) is 11.3 Å². The smallest absolute Gasteiger partial charge is 0.311 e. The molecule has 4 aromatic rings. The van der Waals surface area contributed by atoms with Crippen LogP contribution < -0.4 is 8.92 Å². The molecule has 0 aliphatic carbocycles. The third-order valence-electron chi connectivity index (χ3n) is 5.68. The van der Waals surface area contributed by atoms with Gasteiger partial charge in [0.2, 0.25) is 5.88 Å². The van der Waals surface area contributed by atoms with Gasteiger partial charge in [-0.2, -0.15) is 23.5 Å². The second kappa shape index (κ2) is 8.52. The molecule has 9 heteroatoms. The fourth-order valence-electron chi connectivity index (χ4n) is 4.02. The lowest BCUT2D eigenvalue weighted by Crippen LogP contribution is -2.27. The number of nitriles is 1. The van der Waals surface area contributed by atoms with Crippen molar-refractivity contribution >= 4 is 21.7 Å². The van der Waals surface area contributed by atoms with E-state index in [9.17, 15) is 8.42 Å². The monoisotopic (exact) mass is 491 g/mol. The molecule has 7 nitrogen and oxygen atoms in total. The number of fused-ring (bicyclic) bond motifs is 1. The van der Waals surface area contributed by atoms with Gasteiger partial charge in [0.1, 0.15) is 11.4 Å². The zero-order valence-corrected chi connectivity index (χ0v) is 19.5. The van der Waals surface area contributed by atoms with Crippen molar-refractivity contribution in [2.24, 2.45) is 0 Å². The van der Waals surface area contributed by atoms with Crippen LogP contribution in [0.4, 0.5) is 0 Å². The van der Waals surface area contributed by atoms with Gasteiger partial charge in [0.05, 0.1) is 35.7 Å². The van der Waals surface area contributed by atoms with Crippen LogP contribution in [0.3, 0.4) is 0 Å². The third kappa shape index (κ3) is 4.00. The summed E-state index contributed by atoms with van der Waals surface area (Å²) >= 11 is 6.05. The molecule has 1 aromatic heterocycles. The second-order valence-corrected chi connectivity index (χ2v) is 9.83. The van der Waals surface area contributed by atoms with Crippen molar-refractivity contribution in [2.45, 2.75) is 5.92 Å². The Morgan fingerprint density at radius 2 is 1.74 bits per heavy atom. The second-order valence-electron chi connectivity index (χ2n) is 7.78. The molecule has 0 radical (unpaired) electrons. The molecule has 0 saturated carbocycles. The van der Waals surface area contributed by atoms with E-state index in [1.54, 1.807) is 55.6 Å².